The molecule has 0 aliphatic carbocycles. The Kier molecular flexibility index (Phi) is 9.01. The normalized spacial score (nSPS) is 14.9. The Morgan fingerprint density at radius 3 is 2.37 bits per heavy atom. The third kappa shape index (κ3) is 10.9. The Morgan fingerprint density at radius 1 is 1.21 bits per heavy atom. The summed E-state index contributed by atoms with van der Waals surface area (Å²) in [4.78, 5) is 11.7. The monoisotopic (exact) mass is 292 g/mol. The molecule has 3 N–H and O–H groups in total. The molecule has 0 bridgehead atoms. The summed E-state index contributed by atoms with van der Waals surface area (Å²) in [6, 6.07) is -0.651. The van der Waals surface area contributed by atoms with Gasteiger partial charge in [0.1, 0.15) is 9.84 Å². The maximum atomic E-state index is 11.7. The van der Waals surface area contributed by atoms with Crippen molar-refractivity contribution in [3.63, 3.8) is 0 Å². The summed E-state index contributed by atoms with van der Waals surface area (Å²) in [5.74, 6) is -0.307. The van der Waals surface area contributed by atoms with Crippen LogP contribution in [0.5, 0.6) is 0 Å². The van der Waals surface area contributed by atoms with Crippen LogP contribution >= 0.6 is 0 Å². The van der Waals surface area contributed by atoms with Crippen LogP contribution in [0.2, 0.25) is 0 Å². The molecule has 0 saturated heterocycles. The van der Waals surface area contributed by atoms with E-state index in [0.717, 1.165) is 19.1 Å². The first kappa shape index (κ1) is 18.4. The average molecular weight is 292 g/mol. The fourth-order valence-electron chi connectivity index (χ4n) is 1.77. The molecule has 1 amide bonds. The van der Waals surface area contributed by atoms with Gasteiger partial charge in [0.05, 0.1) is 11.8 Å². The van der Waals surface area contributed by atoms with Gasteiger partial charge in [0.2, 0.25) is 5.91 Å². The molecule has 0 fully saturated rings. The van der Waals surface area contributed by atoms with E-state index in [0.29, 0.717) is 0 Å². The van der Waals surface area contributed by atoms with Crippen LogP contribution in [-0.4, -0.2) is 38.4 Å². The smallest absolute Gasteiger partial charge is 0.237 e. The van der Waals surface area contributed by atoms with E-state index >= 15 is 0 Å². The third-order valence-electron chi connectivity index (χ3n) is 3.02. The third-order valence-corrected chi connectivity index (χ3v) is 3.99. The fraction of sp³-hybridized carbons (Fsp3) is 0.923. The molecule has 0 rings (SSSR count). The number of hydrogen-bond donors (Lipinski definition) is 2. The van der Waals surface area contributed by atoms with Crippen LogP contribution in [0.15, 0.2) is 0 Å². The molecule has 0 saturated carbocycles. The van der Waals surface area contributed by atoms with Crippen molar-refractivity contribution in [1.82, 2.24) is 5.32 Å². The number of amides is 1. The lowest BCUT2D eigenvalue weighted by Crippen LogP contribution is -2.45. The molecule has 2 atom stereocenters. The van der Waals surface area contributed by atoms with Crippen molar-refractivity contribution in [1.29, 1.82) is 0 Å². The van der Waals surface area contributed by atoms with Gasteiger partial charge in [-0.05, 0) is 19.8 Å². The van der Waals surface area contributed by atoms with Gasteiger partial charge in [0, 0.05) is 12.3 Å². The molecule has 0 aliphatic heterocycles. The molecule has 0 aromatic rings. The second-order valence-corrected chi connectivity index (χ2v) is 7.54. The molecule has 0 aliphatic rings. The van der Waals surface area contributed by atoms with E-state index in [1.165, 1.54) is 19.3 Å². The molecule has 0 aromatic heterocycles. The molecule has 0 heterocycles. The molecular weight excluding hydrogens is 264 g/mol. The number of carbonyl (C=O) groups excluding carboxylic acids is 1. The summed E-state index contributed by atoms with van der Waals surface area (Å²) in [5.41, 5.74) is 5.67. The van der Waals surface area contributed by atoms with Gasteiger partial charge >= 0.3 is 0 Å². The van der Waals surface area contributed by atoms with Crippen LogP contribution in [0, 0.1) is 0 Å². The highest BCUT2D eigenvalue weighted by Gasteiger charge is 2.17. The van der Waals surface area contributed by atoms with Crippen molar-refractivity contribution in [2.24, 2.45) is 5.73 Å². The highest BCUT2D eigenvalue weighted by atomic mass is 32.2. The van der Waals surface area contributed by atoms with Crippen LogP contribution in [0.25, 0.3) is 0 Å². The van der Waals surface area contributed by atoms with E-state index in [4.69, 9.17) is 5.73 Å². The van der Waals surface area contributed by atoms with E-state index in [-0.39, 0.29) is 24.1 Å². The lowest BCUT2D eigenvalue weighted by atomic mass is 10.1. The quantitative estimate of drug-likeness (QED) is 0.593. The van der Waals surface area contributed by atoms with Crippen LogP contribution in [0.3, 0.4) is 0 Å². The standard InChI is InChI=1S/C13H28N2O3S/c1-4-5-6-7-8-11(2)15-13(16)12(14)9-10-19(3,17)18/h11-12H,4-10,14H2,1-3H3,(H,15,16). The highest BCUT2D eigenvalue weighted by molar-refractivity contribution is 7.90. The van der Waals surface area contributed by atoms with Gasteiger partial charge in [0.15, 0.2) is 0 Å². The molecule has 5 nitrogen and oxygen atoms in total. The van der Waals surface area contributed by atoms with Crippen molar-refractivity contribution < 1.29 is 13.2 Å². The minimum absolute atomic E-state index is 0.0491. The summed E-state index contributed by atoms with van der Waals surface area (Å²) < 4.78 is 22.0. The number of sulfone groups is 1. The Morgan fingerprint density at radius 2 is 1.84 bits per heavy atom. The predicted molar refractivity (Wildman–Crippen MR) is 78.7 cm³/mol. The molecule has 0 radical (unpaired) electrons. The first-order valence-electron chi connectivity index (χ1n) is 7.00. The summed E-state index contributed by atoms with van der Waals surface area (Å²) in [6.07, 6.45) is 6.93. The van der Waals surface area contributed by atoms with Gasteiger partial charge in [-0.15, -0.1) is 0 Å². The van der Waals surface area contributed by atoms with Gasteiger partial charge in [-0.1, -0.05) is 32.6 Å². The molecular formula is C13H28N2O3S. The number of carbonyl (C=O) groups is 1. The second kappa shape index (κ2) is 9.31. The Labute approximate surface area is 117 Å². The predicted octanol–water partition coefficient (Wildman–Crippen LogP) is 1.22. The van der Waals surface area contributed by atoms with Crippen molar-refractivity contribution in [3.8, 4) is 0 Å². The number of rotatable bonds is 10. The first-order chi connectivity index (χ1) is 8.76. The zero-order valence-electron chi connectivity index (χ0n) is 12.3. The zero-order chi connectivity index (χ0) is 14.9. The van der Waals surface area contributed by atoms with E-state index in [9.17, 15) is 13.2 Å². The Hall–Kier alpha value is -0.620. The van der Waals surface area contributed by atoms with Crippen molar-refractivity contribution in [2.75, 3.05) is 12.0 Å². The van der Waals surface area contributed by atoms with Gasteiger partial charge < -0.3 is 11.1 Å². The van der Waals surface area contributed by atoms with E-state index in [1.54, 1.807) is 0 Å². The Balaban J connectivity index is 3.88. The summed E-state index contributed by atoms with van der Waals surface area (Å²) in [7, 11) is -3.06. The Bertz CT molecular complexity index is 355. The number of nitrogens with one attached hydrogen (secondary N) is 1. The largest absolute Gasteiger partial charge is 0.352 e. The van der Waals surface area contributed by atoms with Gasteiger partial charge in [-0.3, -0.25) is 4.79 Å². The molecule has 114 valence electrons. The van der Waals surface area contributed by atoms with E-state index in [2.05, 4.69) is 12.2 Å². The average Bonchev–Trinajstić information content (AvgIpc) is 2.30. The van der Waals surface area contributed by atoms with Crippen LogP contribution in [-0.2, 0) is 14.6 Å². The minimum atomic E-state index is -3.06. The number of hydrogen-bond acceptors (Lipinski definition) is 4. The van der Waals surface area contributed by atoms with E-state index < -0.39 is 15.9 Å². The molecule has 0 aromatic carbocycles. The van der Waals surface area contributed by atoms with Crippen molar-refractivity contribution >= 4 is 15.7 Å². The molecule has 2 unspecified atom stereocenters. The van der Waals surface area contributed by atoms with Gasteiger partial charge in [0.25, 0.3) is 0 Å². The van der Waals surface area contributed by atoms with Crippen LogP contribution in [0.1, 0.15) is 52.4 Å². The maximum Gasteiger partial charge on any atom is 0.237 e. The second-order valence-electron chi connectivity index (χ2n) is 5.28. The molecule has 19 heavy (non-hydrogen) atoms. The minimum Gasteiger partial charge on any atom is -0.352 e. The number of unbranched alkanes of at least 4 members (excludes halogenated alkanes) is 3. The SMILES string of the molecule is CCCCCCC(C)NC(=O)C(N)CCS(C)(=O)=O. The van der Waals surface area contributed by atoms with Gasteiger partial charge in [-0.25, -0.2) is 8.42 Å². The van der Waals surface area contributed by atoms with Crippen molar-refractivity contribution in [2.45, 2.75) is 64.5 Å². The first-order valence-corrected chi connectivity index (χ1v) is 9.06. The lowest BCUT2D eigenvalue weighted by Gasteiger charge is -2.17. The summed E-state index contributed by atoms with van der Waals surface area (Å²) >= 11 is 0. The van der Waals surface area contributed by atoms with Crippen molar-refractivity contribution in [3.05, 3.63) is 0 Å². The number of nitrogens with two attached hydrogens (primary N) is 1. The maximum absolute atomic E-state index is 11.7. The summed E-state index contributed by atoms with van der Waals surface area (Å²) in [6.45, 7) is 4.11. The molecule has 0 spiro atoms. The van der Waals surface area contributed by atoms with Gasteiger partial charge in [-0.2, -0.15) is 0 Å². The molecule has 6 heteroatoms. The van der Waals surface area contributed by atoms with E-state index in [1.807, 2.05) is 6.92 Å². The fourth-order valence-corrected chi connectivity index (χ4v) is 2.45. The topological polar surface area (TPSA) is 89.3 Å². The summed E-state index contributed by atoms with van der Waals surface area (Å²) in [5, 5.41) is 2.83. The van der Waals surface area contributed by atoms with Crippen LogP contribution in [0.4, 0.5) is 0 Å². The highest BCUT2D eigenvalue weighted by Crippen LogP contribution is 2.05. The lowest BCUT2D eigenvalue weighted by molar-refractivity contribution is -0.123. The van der Waals surface area contributed by atoms with Crippen LogP contribution < -0.4 is 11.1 Å². The zero-order valence-corrected chi connectivity index (χ0v) is 13.1.